The highest BCUT2D eigenvalue weighted by atomic mass is 14.2. The largest absolute Gasteiger partial charge is 0.0805 e. The monoisotopic (exact) mass is 216 g/mol. The summed E-state index contributed by atoms with van der Waals surface area (Å²) in [6.45, 7) is 11.2. The highest BCUT2D eigenvalue weighted by molar-refractivity contribution is 5.29. The van der Waals surface area contributed by atoms with Crippen molar-refractivity contribution in [3.63, 3.8) is 0 Å². The average Bonchev–Trinajstić information content (AvgIpc) is 2.14. The van der Waals surface area contributed by atoms with E-state index in [2.05, 4.69) is 71.1 Å². The molecule has 0 bridgehead atoms. The Labute approximate surface area is 100 Å². The SMILES string of the molecule is CC1=C/C(C)/C=C\C(C(C)(C)C)=C/C/C=C\1. The molecule has 1 aliphatic rings. The van der Waals surface area contributed by atoms with Crippen LogP contribution in [-0.4, -0.2) is 0 Å². The minimum Gasteiger partial charge on any atom is -0.0805 e. The lowest BCUT2D eigenvalue weighted by molar-refractivity contribution is 0.515. The van der Waals surface area contributed by atoms with Crippen molar-refractivity contribution in [3.05, 3.63) is 47.6 Å². The standard InChI is InChI=1S/C16H24/c1-13-8-6-7-9-15(16(3,4)5)11-10-14(2)12-13/h6,8-12,14H,7H2,1-5H3/b8-6-,11-10-,13-12-,15-9+. The Morgan fingerprint density at radius 3 is 2.50 bits per heavy atom. The van der Waals surface area contributed by atoms with Crippen molar-refractivity contribution in [2.45, 2.75) is 41.0 Å². The first-order valence-corrected chi connectivity index (χ1v) is 6.13. The lowest BCUT2D eigenvalue weighted by Gasteiger charge is -2.21. The summed E-state index contributed by atoms with van der Waals surface area (Å²) in [5.74, 6) is 0.508. The van der Waals surface area contributed by atoms with E-state index in [1.807, 2.05) is 0 Å². The van der Waals surface area contributed by atoms with Gasteiger partial charge in [0.1, 0.15) is 0 Å². The van der Waals surface area contributed by atoms with Crippen LogP contribution in [-0.2, 0) is 0 Å². The summed E-state index contributed by atoms with van der Waals surface area (Å²) < 4.78 is 0. The van der Waals surface area contributed by atoms with Gasteiger partial charge in [-0.1, -0.05) is 69.7 Å². The van der Waals surface area contributed by atoms with Crippen LogP contribution in [0.1, 0.15) is 41.0 Å². The predicted molar refractivity (Wildman–Crippen MR) is 73.4 cm³/mol. The van der Waals surface area contributed by atoms with Crippen LogP contribution >= 0.6 is 0 Å². The van der Waals surface area contributed by atoms with Gasteiger partial charge in [0.15, 0.2) is 0 Å². The molecule has 0 aromatic rings. The molecular weight excluding hydrogens is 192 g/mol. The van der Waals surface area contributed by atoms with Gasteiger partial charge < -0.3 is 0 Å². The van der Waals surface area contributed by atoms with E-state index in [0.717, 1.165) is 6.42 Å². The molecule has 88 valence electrons. The smallest absolute Gasteiger partial charge is 0.00729 e. The molecule has 0 heteroatoms. The van der Waals surface area contributed by atoms with Gasteiger partial charge in [0.25, 0.3) is 0 Å². The molecule has 0 N–H and O–H groups in total. The Morgan fingerprint density at radius 1 is 1.19 bits per heavy atom. The van der Waals surface area contributed by atoms with Crippen LogP contribution in [0, 0.1) is 11.3 Å². The normalized spacial score (nSPS) is 33.2. The van der Waals surface area contributed by atoms with Crippen LogP contribution in [0.15, 0.2) is 47.6 Å². The summed E-state index contributed by atoms with van der Waals surface area (Å²) in [6.07, 6.45) is 14.7. The first-order valence-electron chi connectivity index (χ1n) is 6.13. The second-order valence-electron chi connectivity index (χ2n) is 5.68. The third-order valence-corrected chi connectivity index (χ3v) is 2.83. The fourth-order valence-corrected chi connectivity index (χ4v) is 1.85. The minimum absolute atomic E-state index is 0.238. The maximum absolute atomic E-state index is 2.33. The lowest BCUT2D eigenvalue weighted by Crippen LogP contribution is -2.07. The lowest BCUT2D eigenvalue weighted by atomic mass is 9.84. The molecule has 0 nitrogen and oxygen atoms in total. The van der Waals surface area contributed by atoms with E-state index in [0.29, 0.717) is 5.92 Å². The van der Waals surface area contributed by atoms with Crippen molar-refractivity contribution in [3.8, 4) is 0 Å². The summed E-state index contributed by atoms with van der Waals surface area (Å²) in [4.78, 5) is 0. The highest BCUT2D eigenvalue weighted by Crippen LogP contribution is 2.27. The van der Waals surface area contributed by atoms with Gasteiger partial charge in [0, 0.05) is 0 Å². The van der Waals surface area contributed by atoms with Gasteiger partial charge in [-0.15, -0.1) is 0 Å². The fraction of sp³-hybridized carbons (Fsp3) is 0.500. The topological polar surface area (TPSA) is 0 Å². The van der Waals surface area contributed by atoms with Crippen molar-refractivity contribution < 1.29 is 0 Å². The van der Waals surface area contributed by atoms with Crippen molar-refractivity contribution in [2.24, 2.45) is 11.3 Å². The summed E-state index contributed by atoms with van der Waals surface area (Å²) in [7, 11) is 0. The van der Waals surface area contributed by atoms with Gasteiger partial charge in [-0.25, -0.2) is 0 Å². The third-order valence-electron chi connectivity index (χ3n) is 2.83. The van der Waals surface area contributed by atoms with E-state index in [9.17, 15) is 0 Å². The van der Waals surface area contributed by atoms with Gasteiger partial charge in [-0.3, -0.25) is 0 Å². The number of hydrogen-bond donors (Lipinski definition) is 0. The average molecular weight is 216 g/mol. The molecule has 1 rings (SSSR count). The molecule has 0 saturated heterocycles. The van der Waals surface area contributed by atoms with Gasteiger partial charge >= 0.3 is 0 Å². The van der Waals surface area contributed by atoms with E-state index < -0.39 is 0 Å². The van der Waals surface area contributed by atoms with Gasteiger partial charge in [0.2, 0.25) is 0 Å². The maximum atomic E-state index is 2.33. The molecule has 16 heavy (non-hydrogen) atoms. The quantitative estimate of drug-likeness (QED) is 0.531. The molecule has 1 atom stereocenters. The Morgan fingerprint density at radius 2 is 1.88 bits per heavy atom. The highest BCUT2D eigenvalue weighted by Gasteiger charge is 2.14. The Balaban J connectivity index is 2.97. The Hall–Kier alpha value is -1.04. The zero-order chi connectivity index (χ0) is 12.2. The second-order valence-corrected chi connectivity index (χ2v) is 5.68. The van der Waals surface area contributed by atoms with Gasteiger partial charge in [0.05, 0.1) is 0 Å². The first kappa shape index (κ1) is 13.0. The van der Waals surface area contributed by atoms with Crippen LogP contribution in [0.25, 0.3) is 0 Å². The fourth-order valence-electron chi connectivity index (χ4n) is 1.85. The number of hydrogen-bond acceptors (Lipinski definition) is 0. The molecule has 0 heterocycles. The van der Waals surface area contributed by atoms with Gasteiger partial charge in [-0.05, 0) is 30.3 Å². The molecule has 1 aliphatic carbocycles. The zero-order valence-electron chi connectivity index (χ0n) is 11.2. The molecule has 1 unspecified atom stereocenters. The summed E-state index contributed by atoms with van der Waals surface area (Å²) in [6, 6.07) is 0. The third kappa shape index (κ3) is 4.22. The van der Waals surface area contributed by atoms with Crippen LogP contribution in [0.5, 0.6) is 0 Å². The number of rotatable bonds is 0. The second kappa shape index (κ2) is 5.34. The Kier molecular flexibility index (Phi) is 4.35. The molecule has 0 fully saturated rings. The molecule has 0 saturated carbocycles. The first-order chi connectivity index (χ1) is 7.39. The summed E-state index contributed by atoms with van der Waals surface area (Å²) >= 11 is 0. The van der Waals surface area contributed by atoms with Crippen molar-refractivity contribution in [1.29, 1.82) is 0 Å². The molecule has 0 aromatic carbocycles. The van der Waals surface area contributed by atoms with E-state index >= 15 is 0 Å². The summed E-state index contributed by atoms with van der Waals surface area (Å²) in [5.41, 5.74) is 3.02. The predicted octanol–water partition coefficient (Wildman–Crippen LogP) is 5.06. The zero-order valence-corrected chi connectivity index (χ0v) is 11.2. The van der Waals surface area contributed by atoms with E-state index in [-0.39, 0.29) is 5.41 Å². The molecule has 0 radical (unpaired) electrons. The molecule has 0 aliphatic heterocycles. The van der Waals surface area contributed by atoms with Crippen molar-refractivity contribution >= 4 is 0 Å². The van der Waals surface area contributed by atoms with Crippen LogP contribution in [0.3, 0.4) is 0 Å². The molecule has 0 amide bonds. The molecule has 0 spiro atoms. The maximum Gasteiger partial charge on any atom is -0.00729 e. The van der Waals surface area contributed by atoms with Crippen molar-refractivity contribution in [2.75, 3.05) is 0 Å². The minimum atomic E-state index is 0.238. The van der Waals surface area contributed by atoms with Crippen LogP contribution in [0.4, 0.5) is 0 Å². The molecular formula is C16H24. The van der Waals surface area contributed by atoms with Gasteiger partial charge in [-0.2, -0.15) is 0 Å². The van der Waals surface area contributed by atoms with E-state index in [4.69, 9.17) is 0 Å². The summed E-state index contributed by atoms with van der Waals surface area (Å²) in [5, 5.41) is 0. The van der Waals surface area contributed by atoms with Crippen molar-refractivity contribution in [1.82, 2.24) is 0 Å². The van der Waals surface area contributed by atoms with Crippen LogP contribution < -0.4 is 0 Å². The Bertz CT molecular complexity index is 343. The van der Waals surface area contributed by atoms with E-state index in [1.165, 1.54) is 11.1 Å². The number of allylic oxidation sites excluding steroid dienone is 8. The van der Waals surface area contributed by atoms with Crippen LogP contribution in [0.2, 0.25) is 0 Å². The van der Waals surface area contributed by atoms with E-state index in [1.54, 1.807) is 0 Å². The molecule has 0 aromatic heterocycles.